The fourth-order valence-corrected chi connectivity index (χ4v) is 10.1. The summed E-state index contributed by atoms with van der Waals surface area (Å²) in [5, 5.41) is 0. The van der Waals surface area contributed by atoms with Crippen LogP contribution in [0.25, 0.3) is 0 Å². The maximum atomic E-state index is 2.46. The normalized spacial score (nSPS) is 19.4. The van der Waals surface area contributed by atoms with Crippen LogP contribution >= 0.6 is 0 Å². The van der Waals surface area contributed by atoms with Crippen LogP contribution in [0.5, 0.6) is 0 Å². The Balaban J connectivity index is -0.0000000739. The zero-order valence-electron chi connectivity index (χ0n) is 59.3. The summed E-state index contributed by atoms with van der Waals surface area (Å²) in [7, 11) is 62.2. The summed E-state index contributed by atoms with van der Waals surface area (Å²) >= 11 is 0. The van der Waals surface area contributed by atoms with Gasteiger partial charge in [0.2, 0.25) is 6.67 Å². The SMILES string of the molecule is C.C.C.C.C.CC(C)(C)C1CC(C)(C)[N+](C)(C)C(C)(C)C1.CC1C(C)(C)CC(C(C)(C)C)CC1(C)C.CN(C)C.CN(C)CN(C)C.CN(C)C[N+](C)(C)C.CN(C)C[N+](C)(C)C.C[N+](C)(C)C.C[N+](C)(C)C[N+](C)(C)C. The maximum absolute atomic E-state index is 2.46. The van der Waals surface area contributed by atoms with E-state index in [0.717, 1.165) is 64.7 Å². The van der Waals surface area contributed by atoms with Gasteiger partial charge in [-0.1, -0.05) is 113 Å². The van der Waals surface area contributed by atoms with Crippen LogP contribution in [0.3, 0.4) is 0 Å². The Labute approximate surface area is 497 Å². The van der Waals surface area contributed by atoms with Crippen LogP contribution in [-0.4, -0.2) is 294 Å². The Morgan fingerprint density at radius 2 is 0.584 bits per heavy atom. The fraction of sp³-hybridized carbons (Fsp3) is 1.00. The summed E-state index contributed by atoms with van der Waals surface area (Å²) in [5.74, 6) is 2.53. The lowest BCUT2D eigenvalue weighted by Gasteiger charge is -2.61. The Morgan fingerprint density at radius 1 is 0.390 bits per heavy atom. The summed E-state index contributed by atoms with van der Waals surface area (Å²) in [4.78, 5) is 10.6. The Hall–Kier alpha value is -0.440. The van der Waals surface area contributed by atoms with Crippen molar-refractivity contribution in [2.24, 2.45) is 39.4 Å². The molecule has 0 amide bonds. The van der Waals surface area contributed by atoms with Crippen LogP contribution in [0.15, 0.2) is 0 Å². The van der Waals surface area contributed by atoms with Crippen LogP contribution in [0.2, 0.25) is 0 Å². The van der Waals surface area contributed by atoms with Gasteiger partial charge in [-0.2, -0.15) is 0 Å². The molecular formula is C66H171N11+6. The minimum atomic E-state index is 0. The first-order chi connectivity index (χ1) is 30.7. The molecule has 1 heterocycles. The molecule has 11 heteroatoms. The standard InChI is InChI=1S/C15H32N.C15H30.C7H20N2.2C6H17N2.C5H14N2.C4H12N.C3H9N.5CH4/c1-13(2,3)12-10-14(4,5)16(8,9)15(6,7)11-12;1-11-14(5,6)9-12(13(2,3)4)10-15(11,7)8;1-8(2,3)7-9(4,5)6;2*1-7(2)6-8(3,4)5;1-6(2)5-7(3)4;1-5(2,3)4;1-4(2)3;;;;;/h12H,10-11H2,1-9H3;11-12H,9-10H2,1-8H3;7H2,1-6H3;2*6H2,1-5H3;5H2,1-4H3;1-4H3;1-3H3;5*1H4/q+1;;+2;2*+1;;+1;;;;;;. The Bertz CT molecular complexity index is 1260. The molecule has 1 aliphatic carbocycles. The quantitative estimate of drug-likeness (QED) is 0.177. The highest BCUT2D eigenvalue weighted by atomic mass is 15.5. The minimum absolute atomic E-state index is 0. The largest absolute Gasteiger partial charge is 0.333 e. The third-order valence-corrected chi connectivity index (χ3v) is 13.7. The van der Waals surface area contributed by atoms with Gasteiger partial charge >= 0.3 is 0 Å². The highest BCUT2D eigenvalue weighted by Crippen LogP contribution is 2.56. The van der Waals surface area contributed by atoms with Gasteiger partial charge in [-0.05, 0) is 157 Å². The van der Waals surface area contributed by atoms with E-state index in [1.54, 1.807) is 0 Å². The average molecular weight is 1120 g/mol. The molecule has 0 aromatic carbocycles. The van der Waals surface area contributed by atoms with E-state index in [1.165, 1.54) is 32.4 Å². The molecule has 1 saturated carbocycles. The second kappa shape index (κ2) is 39.2. The van der Waals surface area contributed by atoms with Crippen LogP contribution in [0, 0.1) is 39.4 Å². The number of piperidine rings is 1. The monoisotopic (exact) mass is 1120 g/mol. The predicted molar refractivity (Wildman–Crippen MR) is 365 cm³/mol. The lowest BCUT2D eigenvalue weighted by atomic mass is 9.51. The third-order valence-electron chi connectivity index (χ3n) is 13.7. The average Bonchev–Trinajstić information content (AvgIpc) is 2.97. The molecule has 0 radical (unpaired) electrons. The van der Waals surface area contributed by atoms with E-state index >= 15 is 0 Å². The van der Waals surface area contributed by atoms with Gasteiger partial charge in [0.15, 0.2) is 0 Å². The highest BCUT2D eigenvalue weighted by molar-refractivity contribution is 4.97. The van der Waals surface area contributed by atoms with Gasteiger partial charge in [0.25, 0.3) is 0 Å². The van der Waals surface area contributed by atoms with Crippen molar-refractivity contribution in [2.45, 2.75) is 178 Å². The molecule has 2 rings (SSSR count). The fourth-order valence-electron chi connectivity index (χ4n) is 10.1. The molecule has 0 spiro atoms. The topological polar surface area (TPSA) is 16.2 Å². The van der Waals surface area contributed by atoms with Gasteiger partial charge in [-0.15, -0.1) is 0 Å². The van der Waals surface area contributed by atoms with Gasteiger partial charge in [-0.3, -0.25) is 28.6 Å². The summed E-state index contributed by atoms with van der Waals surface area (Å²) in [5.41, 5.74) is 2.66. The summed E-state index contributed by atoms with van der Waals surface area (Å²) in [6, 6.07) is 0. The number of quaternary nitrogens is 6. The molecular weight excluding hydrogens is 947 g/mol. The molecule has 1 aliphatic heterocycles. The molecule has 11 nitrogen and oxygen atoms in total. The van der Waals surface area contributed by atoms with Crippen LogP contribution in [0.4, 0.5) is 0 Å². The van der Waals surface area contributed by atoms with Crippen molar-refractivity contribution in [3.05, 3.63) is 0 Å². The second-order valence-corrected chi connectivity index (χ2v) is 34.8. The van der Waals surface area contributed by atoms with E-state index in [2.05, 4.69) is 307 Å². The first-order valence-electron chi connectivity index (χ1n) is 27.7. The maximum Gasteiger partial charge on any atom is 0.206 e. The molecule has 484 valence electrons. The number of hydrogen-bond donors (Lipinski definition) is 0. The second-order valence-electron chi connectivity index (χ2n) is 34.8. The molecule has 2 aliphatic rings. The molecule has 1 saturated heterocycles. The molecule has 0 aromatic rings. The minimum Gasteiger partial charge on any atom is -0.333 e. The number of hydrogen-bond acceptors (Lipinski definition) is 5. The van der Waals surface area contributed by atoms with E-state index in [4.69, 9.17) is 0 Å². The Morgan fingerprint density at radius 3 is 0.688 bits per heavy atom. The molecule has 2 fully saturated rings. The Kier molecular flexibility index (Phi) is 51.7. The lowest BCUT2D eigenvalue weighted by Crippen LogP contribution is -2.71. The van der Waals surface area contributed by atoms with E-state index in [-0.39, 0.29) is 37.1 Å². The summed E-state index contributed by atoms with van der Waals surface area (Å²) < 4.78 is 6.21. The van der Waals surface area contributed by atoms with Crippen molar-refractivity contribution in [3.8, 4) is 0 Å². The number of rotatable bonds is 8. The van der Waals surface area contributed by atoms with Crippen molar-refractivity contribution in [2.75, 3.05) is 231 Å². The van der Waals surface area contributed by atoms with Crippen LogP contribution < -0.4 is 0 Å². The van der Waals surface area contributed by atoms with Gasteiger partial charge in [-0.25, -0.2) is 0 Å². The van der Waals surface area contributed by atoms with Crippen molar-refractivity contribution in [3.63, 3.8) is 0 Å². The van der Waals surface area contributed by atoms with Gasteiger partial charge in [0.1, 0.15) is 13.3 Å². The zero-order chi connectivity index (χ0) is 60.3. The van der Waals surface area contributed by atoms with Crippen molar-refractivity contribution in [1.29, 1.82) is 0 Å². The molecule has 0 unspecified atom stereocenters. The van der Waals surface area contributed by atoms with E-state index in [9.17, 15) is 0 Å². The van der Waals surface area contributed by atoms with E-state index in [1.807, 2.05) is 26.0 Å². The van der Waals surface area contributed by atoms with Gasteiger partial charge in [0.05, 0.1) is 138 Å². The predicted octanol–water partition coefficient (Wildman–Crippen LogP) is 13.7. The summed E-state index contributed by atoms with van der Waals surface area (Å²) in [6.07, 6.45) is 5.46. The van der Waals surface area contributed by atoms with Gasteiger partial charge < -0.3 is 22.8 Å². The van der Waals surface area contributed by atoms with Crippen LogP contribution in [-0.2, 0) is 0 Å². The number of likely N-dealkylation sites (tertiary alicyclic amines) is 1. The van der Waals surface area contributed by atoms with E-state index in [0.29, 0.717) is 32.7 Å². The van der Waals surface area contributed by atoms with Crippen molar-refractivity contribution < 1.29 is 26.9 Å². The highest BCUT2D eigenvalue weighted by Gasteiger charge is 2.55. The third kappa shape index (κ3) is 61.5. The van der Waals surface area contributed by atoms with Crippen LogP contribution in [0.1, 0.15) is 167 Å². The lowest BCUT2D eigenvalue weighted by molar-refractivity contribution is -1.05. The van der Waals surface area contributed by atoms with Gasteiger partial charge in [0, 0.05) is 19.5 Å². The zero-order valence-corrected chi connectivity index (χ0v) is 59.3. The molecule has 0 aromatic heterocycles. The first-order valence-corrected chi connectivity index (χ1v) is 27.7. The van der Waals surface area contributed by atoms with E-state index < -0.39 is 0 Å². The molecule has 0 N–H and O–H groups in total. The molecule has 0 atom stereocenters. The van der Waals surface area contributed by atoms with Crippen molar-refractivity contribution >= 4 is 0 Å². The molecule has 77 heavy (non-hydrogen) atoms. The number of nitrogens with zero attached hydrogens (tertiary/aromatic N) is 11. The van der Waals surface area contributed by atoms with Crippen molar-refractivity contribution in [1.82, 2.24) is 24.5 Å². The smallest absolute Gasteiger partial charge is 0.206 e. The molecule has 0 bridgehead atoms. The summed E-state index contributed by atoms with van der Waals surface area (Å²) in [6.45, 7) is 40.8. The first kappa shape index (κ1) is 102.